The molecule has 0 radical (unpaired) electrons. The van der Waals surface area contributed by atoms with Gasteiger partial charge in [-0.25, -0.2) is 4.39 Å². The maximum absolute atomic E-state index is 12.8. The average Bonchev–Trinajstić information content (AvgIpc) is 2.55. The molecule has 0 unspecified atom stereocenters. The number of benzene rings is 2. The van der Waals surface area contributed by atoms with Gasteiger partial charge in [0.25, 0.3) is 11.8 Å². The number of thioether (sulfide) groups is 1. The van der Waals surface area contributed by atoms with E-state index in [0.29, 0.717) is 0 Å². The standard InChI is InChI=1S/C17H17FN2O2S/c1-11-3-9-15(10-4-11)23-12(2)16(21)19-20-17(22)13-5-7-14(18)8-6-13/h3-10,12H,1-2H3,(H,19,21)(H,20,22)/t12-/m1/s1. The summed E-state index contributed by atoms with van der Waals surface area (Å²) in [5, 5.41) is -0.369. The van der Waals surface area contributed by atoms with E-state index in [1.165, 1.54) is 36.0 Å². The summed E-state index contributed by atoms with van der Waals surface area (Å²) >= 11 is 1.40. The summed E-state index contributed by atoms with van der Waals surface area (Å²) in [5.41, 5.74) is 6.11. The van der Waals surface area contributed by atoms with Crippen LogP contribution in [0.15, 0.2) is 53.4 Å². The summed E-state index contributed by atoms with van der Waals surface area (Å²) in [7, 11) is 0. The quantitative estimate of drug-likeness (QED) is 0.668. The Morgan fingerprint density at radius 3 is 2.22 bits per heavy atom. The van der Waals surface area contributed by atoms with Crippen molar-refractivity contribution in [2.45, 2.75) is 24.0 Å². The first-order valence-electron chi connectivity index (χ1n) is 7.05. The van der Waals surface area contributed by atoms with Gasteiger partial charge in [-0.1, -0.05) is 17.7 Å². The number of amides is 2. The summed E-state index contributed by atoms with van der Waals surface area (Å²) in [6.07, 6.45) is 0. The van der Waals surface area contributed by atoms with Gasteiger partial charge >= 0.3 is 0 Å². The molecule has 2 amide bonds. The Labute approximate surface area is 138 Å². The summed E-state index contributed by atoms with van der Waals surface area (Å²) in [6.45, 7) is 3.75. The van der Waals surface area contributed by atoms with Crippen LogP contribution in [0.5, 0.6) is 0 Å². The minimum absolute atomic E-state index is 0.269. The zero-order valence-electron chi connectivity index (χ0n) is 12.8. The molecule has 0 spiro atoms. The van der Waals surface area contributed by atoms with Gasteiger partial charge in [0.2, 0.25) is 0 Å². The summed E-state index contributed by atoms with van der Waals surface area (Å²) in [6, 6.07) is 12.9. The first kappa shape index (κ1) is 17.0. The first-order valence-corrected chi connectivity index (χ1v) is 7.93. The molecule has 0 aliphatic heterocycles. The predicted octanol–water partition coefficient (Wildman–Crippen LogP) is 3.08. The maximum atomic E-state index is 12.8. The van der Waals surface area contributed by atoms with E-state index in [1.807, 2.05) is 31.2 Å². The Bertz CT molecular complexity index is 687. The van der Waals surface area contributed by atoms with Crippen LogP contribution in [0.2, 0.25) is 0 Å². The molecule has 0 fully saturated rings. The van der Waals surface area contributed by atoms with E-state index < -0.39 is 11.7 Å². The molecule has 1 atom stereocenters. The van der Waals surface area contributed by atoms with Crippen molar-refractivity contribution in [3.63, 3.8) is 0 Å². The molecule has 2 aromatic rings. The van der Waals surface area contributed by atoms with Crippen molar-refractivity contribution in [1.29, 1.82) is 0 Å². The number of aryl methyl sites for hydroxylation is 1. The van der Waals surface area contributed by atoms with E-state index in [1.54, 1.807) is 6.92 Å². The summed E-state index contributed by atoms with van der Waals surface area (Å²) < 4.78 is 12.8. The highest BCUT2D eigenvalue weighted by Gasteiger charge is 2.15. The predicted molar refractivity (Wildman–Crippen MR) is 88.5 cm³/mol. The van der Waals surface area contributed by atoms with Gasteiger partial charge in [-0.2, -0.15) is 0 Å². The average molecular weight is 332 g/mol. The van der Waals surface area contributed by atoms with Crippen molar-refractivity contribution in [1.82, 2.24) is 10.9 Å². The van der Waals surface area contributed by atoms with Gasteiger partial charge in [0.05, 0.1) is 5.25 Å². The molecular weight excluding hydrogens is 315 g/mol. The number of halogens is 1. The fourth-order valence-electron chi connectivity index (χ4n) is 1.77. The summed E-state index contributed by atoms with van der Waals surface area (Å²) in [4.78, 5) is 24.8. The zero-order chi connectivity index (χ0) is 16.8. The minimum Gasteiger partial charge on any atom is -0.272 e. The molecule has 0 heterocycles. The van der Waals surface area contributed by atoms with Crippen LogP contribution in [0.4, 0.5) is 4.39 Å². The van der Waals surface area contributed by atoms with Gasteiger partial charge in [-0.3, -0.25) is 20.4 Å². The van der Waals surface area contributed by atoms with E-state index in [4.69, 9.17) is 0 Å². The third-order valence-corrected chi connectivity index (χ3v) is 4.22. The molecule has 0 aromatic heterocycles. The second kappa shape index (κ2) is 7.78. The monoisotopic (exact) mass is 332 g/mol. The number of carbonyl (C=O) groups excluding carboxylic acids is 2. The Hall–Kier alpha value is -2.34. The Morgan fingerprint density at radius 2 is 1.61 bits per heavy atom. The molecule has 0 saturated heterocycles. The smallest absolute Gasteiger partial charge is 0.269 e. The van der Waals surface area contributed by atoms with Crippen molar-refractivity contribution in [2.24, 2.45) is 0 Å². The van der Waals surface area contributed by atoms with E-state index in [0.717, 1.165) is 10.5 Å². The number of hydrazine groups is 1. The van der Waals surface area contributed by atoms with E-state index in [9.17, 15) is 14.0 Å². The van der Waals surface area contributed by atoms with Crippen molar-refractivity contribution in [3.05, 3.63) is 65.5 Å². The van der Waals surface area contributed by atoms with Gasteiger partial charge in [0.1, 0.15) is 5.82 Å². The Morgan fingerprint density at radius 1 is 1.00 bits per heavy atom. The van der Waals surface area contributed by atoms with Crippen LogP contribution < -0.4 is 10.9 Å². The fraction of sp³-hybridized carbons (Fsp3) is 0.176. The Kier molecular flexibility index (Phi) is 5.76. The lowest BCUT2D eigenvalue weighted by Gasteiger charge is -2.13. The first-order chi connectivity index (χ1) is 11.0. The molecule has 6 heteroatoms. The van der Waals surface area contributed by atoms with Gasteiger partial charge < -0.3 is 0 Å². The molecule has 0 aliphatic carbocycles. The number of hydrogen-bond donors (Lipinski definition) is 2. The summed E-state index contributed by atoms with van der Waals surface area (Å²) in [5.74, 6) is -1.23. The van der Waals surface area contributed by atoms with Crippen LogP contribution >= 0.6 is 11.8 Å². The lowest BCUT2D eigenvalue weighted by atomic mass is 10.2. The molecule has 4 nitrogen and oxygen atoms in total. The van der Waals surface area contributed by atoms with Crippen LogP contribution in [-0.4, -0.2) is 17.1 Å². The highest BCUT2D eigenvalue weighted by molar-refractivity contribution is 8.00. The van der Waals surface area contributed by atoms with Crippen molar-refractivity contribution < 1.29 is 14.0 Å². The third-order valence-electron chi connectivity index (χ3n) is 3.11. The lowest BCUT2D eigenvalue weighted by molar-refractivity contribution is -0.121. The van der Waals surface area contributed by atoms with Crippen LogP contribution in [0, 0.1) is 12.7 Å². The second-order valence-corrected chi connectivity index (χ2v) is 6.44. The molecule has 0 saturated carbocycles. The molecule has 2 aromatic carbocycles. The van der Waals surface area contributed by atoms with Crippen LogP contribution in [0.1, 0.15) is 22.8 Å². The van der Waals surface area contributed by atoms with Crippen molar-refractivity contribution >= 4 is 23.6 Å². The fourth-order valence-corrected chi connectivity index (χ4v) is 2.64. The van der Waals surface area contributed by atoms with Crippen molar-refractivity contribution in [2.75, 3.05) is 0 Å². The number of nitrogens with one attached hydrogen (secondary N) is 2. The van der Waals surface area contributed by atoms with Gasteiger partial charge in [-0.05, 0) is 50.2 Å². The molecule has 2 rings (SSSR count). The van der Waals surface area contributed by atoms with Gasteiger partial charge in [0, 0.05) is 10.5 Å². The van der Waals surface area contributed by atoms with Crippen LogP contribution in [0.25, 0.3) is 0 Å². The molecular formula is C17H17FN2O2S. The number of hydrogen-bond acceptors (Lipinski definition) is 3. The van der Waals surface area contributed by atoms with Gasteiger partial charge in [0.15, 0.2) is 0 Å². The molecule has 2 N–H and O–H groups in total. The van der Waals surface area contributed by atoms with E-state index >= 15 is 0 Å². The highest BCUT2D eigenvalue weighted by atomic mass is 32.2. The normalized spacial score (nSPS) is 11.6. The molecule has 0 bridgehead atoms. The maximum Gasteiger partial charge on any atom is 0.269 e. The Balaban J connectivity index is 1.84. The number of rotatable bonds is 4. The molecule has 23 heavy (non-hydrogen) atoms. The lowest BCUT2D eigenvalue weighted by Crippen LogP contribution is -2.44. The zero-order valence-corrected chi connectivity index (χ0v) is 13.6. The topological polar surface area (TPSA) is 58.2 Å². The van der Waals surface area contributed by atoms with Gasteiger partial charge in [-0.15, -0.1) is 11.8 Å². The molecule has 120 valence electrons. The van der Waals surface area contributed by atoms with Crippen LogP contribution in [-0.2, 0) is 4.79 Å². The highest BCUT2D eigenvalue weighted by Crippen LogP contribution is 2.23. The van der Waals surface area contributed by atoms with Crippen LogP contribution in [0.3, 0.4) is 0 Å². The van der Waals surface area contributed by atoms with Crippen molar-refractivity contribution in [3.8, 4) is 0 Å². The number of carbonyl (C=O) groups is 2. The van der Waals surface area contributed by atoms with E-state index in [-0.39, 0.29) is 16.7 Å². The van der Waals surface area contributed by atoms with E-state index in [2.05, 4.69) is 10.9 Å². The molecule has 0 aliphatic rings. The second-order valence-electron chi connectivity index (χ2n) is 5.02. The minimum atomic E-state index is -0.495. The SMILES string of the molecule is Cc1ccc(S[C@H](C)C(=O)NNC(=O)c2ccc(F)cc2)cc1. The third kappa shape index (κ3) is 5.10. The largest absolute Gasteiger partial charge is 0.272 e.